The molecule has 1 N–H and O–H groups in total. The molecule has 0 radical (unpaired) electrons. The van der Waals surface area contributed by atoms with E-state index in [1.54, 1.807) is 6.20 Å². The average molecular weight is 271 g/mol. The number of pyridine rings is 1. The van der Waals surface area contributed by atoms with E-state index in [2.05, 4.69) is 26.2 Å². The highest BCUT2D eigenvalue weighted by Gasteiger charge is 2.29. The van der Waals surface area contributed by atoms with Gasteiger partial charge < -0.3 is 10.1 Å². The summed E-state index contributed by atoms with van der Waals surface area (Å²) in [6.07, 6.45) is 4.43. The normalized spacial score (nSPS) is 24.7. The summed E-state index contributed by atoms with van der Waals surface area (Å²) in [6, 6.07) is 4.50. The van der Waals surface area contributed by atoms with Crippen LogP contribution in [0.15, 0.2) is 22.8 Å². The van der Waals surface area contributed by atoms with Crippen molar-refractivity contribution >= 4 is 21.7 Å². The molecule has 0 amide bonds. The van der Waals surface area contributed by atoms with E-state index in [1.165, 1.54) is 0 Å². The largest absolute Gasteiger partial charge is 0.378 e. The van der Waals surface area contributed by atoms with Gasteiger partial charge in [-0.25, -0.2) is 4.98 Å². The SMILES string of the molecule is CCOC1CC(Nc2ccc(Br)cn2)C1. The molecule has 0 aromatic carbocycles. The van der Waals surface area contributed by atoms with Crippen LogP contribution in [-0.4, -0.2) is 23.7 Å². The number of ether oxygens (including phenoxy) is 1. The van der Waals surface area contributed by atoms with E-state index in [9.17, 15) is 0 Å². The van der Waals surface area contributed by atoms with Gasteiger partial charge in [-0.3, -0.25) is 0 Å². The summed E-state index contributed by atoms with van der Waals surface area (Å²) >= 11 is 3.36. The highest BCUT2D eigenvalue weighted by Crippen LogP contribution is 2.26. The summed E-state index contributed by atoms with van der Waals surface area (Å²) in [5.41, 5.74) is 0. The molecule has 4 heteroatoms. The summed E-state index contributed by atoms with van der Waals surface area (Å²) in [6.45, 7) is 2.85. The van der Waals surface area contributed by atoms with Crippen LogP contribution in [0.1, 0.15) is 19.8 Å². The van der Waals surface area contributed by atoms with Crippen LogP contribution in [0, 0.1) is 0 Å². The van der Waals surface area contributed by atoms with Crippen molar-refractivity contribution in [2.45, 2.75) is 31.9 Å². The van der Waals surface area contributed by atoms with Crippen LogP contribution in [0.2, 0.25) is 0 Å². The Hall–Kier alpha value is -0.610. The molecule has 82 valence electrons. The van der Waals surface area contributed by atoms with Gasteiger partial charge >= 0.3 is 0 Å². The minimum absolute atomic E-state index is 0.447. The third kappa shape index (κ3) is 2.92. The fourth-order valence-electron chi connectivity index (χ4n) is 1.73. The molecule has 15 heavy (non-hydrogen) atoms. The molecule has 1 aromatic rings. The van der Waals surface area contributed by atoms with Crippen molar-refractivity contribution in [2.75, 3.05) is 11.9 Å². The minimum atomic E-state index is 0.447. The maximum Gasteiger partial charge on any atom is 0.126 e. The Labute approximate surface area is 98.4 Å². The summed E-state index contributed by atoms with van der Waals surface area (Å²) in [7, 11) is 0. The summed E-state index contributed by atoms with van der Waals surface area (Å²) < 4.78 is 6.51. The van der Waals surface area contributed by atoms with Gasteiger partial charge in [-0.1, -0.05) is 0 Å². The minimum Gasteiger partial charge on any atom is -0.378 e. The first-order valence-electron chi connectivity index (χ1n) is 5.27. The second-order valence-electron chi connectivity index (χ2n) is 3.75. The van der Waals surface area contributed by atoms with Crippen molar-refractivity contribution in [3.8, 4) is 0 Å². The van der Waals surface area contributed by atoms with Crippen LogP contribution in [-0.2, 0) is 4.74 Å². The van der Waals surface area contributed by atoms with Crippen LogP contribution in [0.3, 0.4) is 0 Å². The first-order chi connectivity index (χ1) is 7.28. The summed E-state index contributed by atoms with van der Waals surface area (Å²) in [4.78, 5) is 4.27. The molecule has 1 heterocycles. The number of hydrogen-bond acceptors (Lipinski definition) is 3. The lowest BCUT2D eigenvalue weighted by Gasteiger charge is -2.35. The fraction of sp³-hybridized carbons (Fsp3) is 0.545. The maximum atomic E-state index is 5.50. The Morgan fingerprint density at radius 3 is 2.93 bits per heavy atom. The number of nitrogens with one attached hydrogen (secondary N) is 1. The Kier molecular flexibility index (Phi) is 3.59. The second-order valence-corrected chi connectivity index (χ2v) is 4.67. The lowest BCUT2D eigenvalue weighted by atomic mass is 9.89. The van der Waals surface area contributed by atoms with Crippen LogP contribution in [0.25, 0.3) is 0 Å². The van der Waals surface area contributed by atoms with Gasteiger partial charge in [0.05, 0.1) is 6.10 Å². The van der Waals surface area contributed by atoms with Crippen LogP contribution >= 0.6 is 15.9 Å². The van der Waals surface area contributed by atoms with Crippen molar-refractivity contribution in [1.82, 2.24) is 4.98 Å². The number of anilines is 1. The van der Waals surface area contributed by atoms with E-state index in [0.29, 0.717) is 12.1 Å². The first kappa shape index (κ1) is 10.9. The molecular formula is C11H15BrN2O. The van der Waals surface area contributed by atoms with Crippen molar-refractivity contribution in [1.29, 1.82) is 0 Å². The monoisotopic (exact) mass is 270 g/mol. The zero-order chi connectivity index (χ0) is 10.7. The Bertz CT molecular complexity index is 309. The van der Waals surface area contributed by atoms with Crippen molar-refractivity contribution in [2.24, 2.45) is 0 Å². The second kappa shape index (κ2) is 4.94. The van der Waals surface area contributed by atoms with E-state index in [0.717, 1.165) is 29.7 Å². The van der Waals surface area contributed by atoms with Crippen LogP contribution in [0.5, 0.6) is 0 Å². The fourth-order valence-corrected chi connectivity index (χ4v) is 1.96. The highest BCUT2D eigenvalue weighted by molar-refractivity contribution is 9.10. The molecule has 1 saturated carbocycles. The van der Waals surface area contributed by atoms with E-state index in [4.69, 9.17) is 4.74 Å². The Morgan fingerprint density at radius 1 is 1.53 bits per heavy atom. The average Bonchev–Trinajstić information content (AvgIpc) is 2.18. The maximum absolute atomic E-state index is 5.50. The number of hydrogen-bond donors (Lipinski definition) is 1. The van der Waals surface area contributed by atoms with Gasteiger partial charge in [0.2, 0.25) is 0 Å². The molecular weight excluding hydrogens is 256 g/mol. The van der Waals surface area contributed by atoms with Gasteiger partial charge in [0, 0.05) is 23.3 Å². The van der Waals surface area contributed by atoms with Gasteiger partial charge in [0.15, 0.2) is 0 Å². The molecule has 3 nitrogen and oxygen atoms in total. The van der Waals surface area contributed by atoms with Crippen molar-refractivity contribution in [3.63, 3.8) is 0 Å². The predicted octanol–water partition coefficient (Wildman–Crippen LogP) is 2.82. The molecule has 1 fully saturated rings. The van der Waals surface area contributed by atoms with E-state index >= 15 is 0 Å². The van der Waals surface area contributed by atoms with Gasteiger partial charge in [0.1, 0.15) is 5.82 Å². The summed E-state index contributed by atoms with van der Waals surface area (Å²) in [5.74, 6) is 0.943. The van der Waals surface area contributed by atoms with Gasteiger partial charge in [-0.2, -0.15) is 0 Å². The van der Waals surface area contributed by atoms with Crippen molar-refractivity contribution in [3.05, 3.63) is 22.8 Å². The smallest absolute Gasteiger partial charge is 0.126 e. The zero-order valence-corrected chi connectivity index (χ0v) is 10.3. The Balaban J connectivity index is 1.77. The number of nitrogens with zero attached hydrogens (tertiary/aromatic N) is 1. The lowest BCUT2D eigenvalue weighted by Crippen LogP contribution is -2.40. The molecule has 1 aromatic heterocycles. The molecule has 2 rings (SSSR count). The molecule has 0 unspecified atom stereocenters. The van der Waals surface area contributed by atoms with Crippen LogP contribution < -0.4 is 5.32 Å². The summed E-state index contributed by atoms with van der Waals surface area (Å²) in [5, 5.41) is 3.38. The van der Waals surface area contributed by atoms with Gasteiger partial charge in [0.25, 0.3) is 0 Å². The topological polar surface area (TPSA) is 34.1 Å². The highest BCUT2D eigenvalue weighted by atomic mass is 79.9. The molecule has 0 saturated heterocycles. The molecule has 0 spiro atoms. The van der Waals surface area contributed by atoms with Crippen molar-refractivity contribution < 1.29 is 4.74 Å². The first-order valence-corrected chi connectivity index (χ1v) is 6.07. The molecule has 1 aliphatic carbocycles. The molecule has 0 atom stereocenters. The number of rotatable bonds is 4. The lowest BCUT2D eigenvalue weighted by molar-refractivity contribution is 0.00292. The van der Waals surface area contributed by atoms with Gasteiger partial charge in [-0.15, -0.1) is 0 Å². The zero-order valence-electron chi connectivity index (χ0n) is 8.74. The third-order valence-electron chi connectivity index (χ3n) is 2.58. The molecule has 1 aliphatic rings. The van der Waals surface area contributed by atoms with E-state index < -0.39 is 0 Å². The third-order valence-corrected chi connectivity index (χ3v) is 3.05. The predicted molar refractivity (Wildman–Crippen MR) is 64.0 cm³/mol. The molecule has 0 bridgehead atoms. The Morgan fingerprint density at radius 2 is 2.33 bits per heavy atom. The quantitative estimate of drug-likeness (QED) is 0.914. The molecule has 0 aliphatic heterocycles. The standard InChI is InChI=1S/C11H15BrN2O/c1-2-15-10-5-9(6-10)14-11-4-3-8(12)7-13-11/h3-4,7,9-10H,2,5-6H2,1H3,(H,13,14). The van der Waals surface area contributed by atoms with Gasteiger partial charge in [-0.05, 0) is 47.8 Å². The number of aromatic nitrogens is 1. The van der Waals surface area contributed by atoms with E-state index in [-0.39, 0.29) is 0 Å². The van der Waals surface area contributed by atoms with Crippen LogP contribution in [0.4, 0.5) is 5.82 Å². The number of halogens is 1. The van der Waals surface area contributed by atoms with E-state index in [1.807, 2.05) is 19.1 Å².